The Morgan fingerprint density at radius 2 is 1.09 bits per heavy atom. The molecule has 1 unspecified atom stereocenters. The predicted molar refractivity (Wildman–Crippen MR) is 472 cm³/mol. The third-order valence-corrected chi connectivity index (χ3v) is 23.3. The fourth-order valence-electron chi connectivity index (χ4n) is 16.0. The lowest BCUT2D eigenvalue weighted by Crippen LogP contribution is -2.40. The fourth-order valence-corrected chi connectivity index (χ4v) is 16.4. The molecule has 11 aromatic rings. The minimum atomic E-state index is -3.47. The number of hydrogen-bond donors (Lipinski definition) is 2. The molecule has 0 bridgehead atoms. The summed E-state index contributed by atoms with van der Waals surface area (Å²) in [6.45, 7) is 37.9. The summed E-state index contributed by atoms with van der Waals surface area (Å²) < 4.78 is 88.2. The van der Waals surface area contributed by atoms with E-state index in [0.717, 1.165) is 113 Å². The number of esters is 1. The fraction of sp³-hybridized carbons (Fsp3) is 0.364. The highest BCUT2D eigenvalue weighted by molar-refractivity contribution is 7.92. The number of carbonyl (C=O) groups is 2. The molecule has 2 aliphatic rings. The second kappa shape index (κ2) is 40.1. The van der Waals surface area contributed by atoms with Crippen LogP contribution in [0.5, 0.6) is 0 Å². The van der Waals surface area contributed by atoms with Crippen molar-refractivity contribution in [1.82, 2.24) is 24.1 Å². The minimum Gasteiger partial charge on any atom is -0.461 e. The van der Waals surface area contributed by atoms with E-state index in [2.05, 4.69) is 157 Å². The van der Waals surface area contributed by atoms with Crippen molar-refractivity contribution in [3.8, 4) is 55.9 Å². The highest BCUT2D eigenvalue weighted by Gasteiger charge is 2.40. The number of para-hydroxylation sites is 2. The molecule has 2 N–H and O–H groups in total. The van der Waals surface area contributed by atoms with Crippen molar-refractivity contribution in [2.45, 2.75) is 180 Å². The van der Waals surface area contributed by atoms with Crippen LogP contribution in [0.3, 0.4) is 0 Å². The number of aliphatic hydroxyl groups is 1. The van der Waals surface area contributed by atoms with Crippen molar-refractivity contribution >= 4 is 44.4 Å². The van der Waals surface area contributed by atoms with Gasteiger partial charge in [0.15, 0.2) is 0 Å². The van der Waals surface area contributed by atoms with Gasteiger partial charge in [-0.25, -0.2) is 40.3 Å². The van der Waals surface area contributed by atoms with Crippen LogP contribution in [-0.2, 0) is 33.0 Å². The minimum absolute atomic E-state index is 0.00604. The van der Waals surface area contributed by atoms with Gasteiger partial charge in [0.1, 0.15) is 29.4 Å². The number of benzene rings is 7. The van der Waals surface area contributed by atoms with Crippen LogP contribution >= 0.6 is 0 Å². The maximum absolute atomic E-state index is 13.6. The largest absolute Gasteiger partial charge is 0.461 e. The van der Waals surface area contributed by atoms with Gasteiger partial charge in [0.05, 0.1) is 34.8 Å². The second-order valence-electron chi connectivity index (χ2n) is 32.5. The van der Waals surface area contributed by atoms with E-state index in [0.29, 0.717) is 53.3 Å². The Kier molecular flexibility index (Phi) is 30.9. The number of fused-ring (bicyclic) bond motifs is 2. The average Bonchev–Trinajstić information content (AvgIpc) is 1.65. The summed E-state index contributed by atoms with van der Waals surface area (Å²) in [4.78, 5) is 39.5. The van der Waals surface area contributed by atoms with Gasteiger partial charge >= 0.3 is 5.97 Å². The molecular formula is C99H117F4N7O6S. The highest BCUT2D eigenvalue weighted by atomic mass is 32.2. The number of hydrogen-bond acceptors (Lipinski definition) is 9. The van der Waals surface area contributed by atoms with Crippen molar-refractivity contribution in [2.24, 2.45) is 36.6 Å². The molecule has 2 aliphatic carbocycles. The van der Waals surface area contributed by atoms with Gasteiger partial charge in [0.2, 0.25) is 16.0 Å². The first-order valence-electron chi connectivity index (χ1n) is 40.8. The quantitative estimate of drug-likeness (QED) is 0.0593. The monoisotopic (exact) mass is 1610 g/mol. The smallest absolute Gasteiger partial charge is 0.308 e. The number of nitrogens with zero attached hydrogens (tertiary/aromatic N) is 6. The maximum Gasteiger partial charge on any atom is 0.308 e. The third-order valence-electron chi connectivity index (χ3n) is 22.2. The van der Waals surface area contributed by atoms with E-state index in [4.69, 9.17) is 9.72 Å². The number of aliphatic hydroxyl groups excluding tert-OH is 1. The zero-order valence-corrected chi connectivity index (χ0v) is 72.6. The van der Waals surface area contributed by atoms with Gasteiger partial charge in [-0.2, -0.15) is 0 Å². The lowest BCUT2D eigenvalue weighted by Gasteiger charge is -2.41. The first-order valence-corrected chi connectivity index (χ1v) is 42.7. The Hall–Kier alpha value is -10.6. The van der Waals surface area contributed by atoms with Crippen LogP contribution in [0, 0.1) is 73.6 Å². The van der Waals surface area contributed by atoms with E-state index in [1.165, 1.54) is 83.3 Å². The number of nitrogens with one attached hydrogen (secondary N) is 1. The number of carbonyl (C=O) groups excluding carboxylic acids is 2. The van der Waals surface area contributed by atoms with Crippen LogP contribution in [0.2, 0.25) is 0 Å². The number of anilines is 2. The molecule has 117 heavy (non-hydrogen) atoms. The van der Waals surface area contributed by atoms with Crippen LogP contribution < -0.4 is 9.62 Å². The molecule has 618 valence electrons. The molecule has 1 amide bonds. The van der Waals surface area contributed by atoms with Crippen molar-refractivity contribution < 1.29 is 45.4 Å². The van der Waals surface area contributed by atoms with Crippen LogP contribution in [0.4, 0.5) is 29.2 Å². The van der Waals surface area contributed by atoms with Gasteiger partial charge in [-0.15, -0.1) is 0 Å². The number of amides is 1. The summed E-state index contributed by atoms with van der Waals surface area (Å²) in [6, 6.07) is 53.9. The molecule has 0 aliphatic heterocycles. The van der Waals surface area contributed by atoms with E-state index < -0.39 is 10.0 Å². The Balaban J connectivity index is 0.000000169. The topological polar surface area (TPSA) is 162 Å². The molecule has 0 spiro atoms. The molecule has 13 nitrogen and oxygen atoms in total. The van der Waals surface area contributed by atoms with Crippen molar-refractivity contribution in [2.75, 3.05) is 29.5 Å². The lowest BCUT2D eigenvalue weighted by molar-refractivity contribution is -0.158. The molecule has 0 saturated carbocycles. The van der Waals surface area contributed by atoms with E-state index in [-0.39, 0.29) is 77.5 Å². The Morgan fingerprint density at radius 1 is 0.598 bits per heavy atom. The van der Waals surface area contributed by atoms with Crippen LogP contribution in [0.1, 0.15) is 202 Å². The molecule has 7 aromatic carbocycles. The van der Waals surface area contributed by atoms with Crippen LogP contribution in [-0.4, -0.2) is 75.5 Å². The van der Waals surface area contributed by atoms with Crippen LogP contribution in [0.15, 0.2) is 206 Å². The zero-order chi connectivity index (χ0) is 85.6. The van der Waals surface area contributed by atoms with Gasteiger partial charge in [-0.1, -0.05) is 199 Å². The van der Waals surface area contributed by atoms with Crippen LogP contribution in [0.25, 0.3) is 66.8 Å². The molecule has 0 radical (unpaired) electrons. The Morgan fingerprint density at radius 3 is 1.59 bits per heavy atom. The number of ether oxygens (including phenoxy) is 1. The van der Waals surface area contributed by atoms with E-state index in [1.807, 2.05) is 127 Å². The second-order valence-corrected chi connectivity index (χ2v) is 34.5. The van der Waals surface area contributed by atoms with E-state index >= 15 is 0 Å². The van der Waals surface area contributed by atoms with Gasteiger partial charge < -0.3 is 24.3 Å². The molecule has 18 heteroatoms. The highest BCUT2D eigenvalue weighted by Crippen LogP contribution is 2.46. The van der Waals surface area contributed by atoms with Gasteiger partial charge in [-0.3, -0.25) is 14.6 Å². The molecular weight excluding hydrogens is 1490 g/mol. The van der Waals surface area contributed by atoms with Gasteiger partial charge in [0.25, 0.3) is 5.91 Å². The van der Waals surface area contributed by atoms with Crippen molar-refractivity contribution in [3.63, 3.8) is 0 Å². The maximum atomic E-state index is 13.6. The van der Waals surface area contributed by atoms with Crippen molar-refractivity contribution in [3.05, 3.63) is 280 Å². The summed E-state index contributed by atoms with van der Waals surface area (Å²) in [5.41, 5.74) is 21.3. The van der Waals surface area contributed by atoms with Gasteiger partial charge in [0, 0.05) is 88.7 Å². The number of halogens is 4. The Bertz CT molecular complexity index is 5390. The first kappa shape index (κ1) is 90.4. The normalized spacial score (nSPS) is 15.9. The standard InChI is InChI=1S/C27H25FN2O.C20H26FNO.C18H18FN.C18H28O2.C16H20FN3O2S/c1-18(2)25-24(27(31)29-22-12-8-5-9-13-22)23(19-10-6-4-7-11-19)26(30(25)3)20-14-16-21(28)17-15-20;1-12(2)19-14(5)18(15-6-8-16(21)9-7-15)17(10-11-23)20(22-19)13(3)4;1-12(2)20-13(3)18(14-8-10-15(19)11-9-14)16-6-4-5-7-17(16)20;1-6-12(3)18(19)20-16-10-11(2)9-15-8-7-13(4)14(5)17(15)16;1-10(2)14-11(3)15(12-6-8-13(17)9-7-12)19-16(18-14)20(4)23(5,21)22/h4-18H,1-3H3,(H,29,31);6-9,12-13,23H,10-11H2,1-5H3;4-12H,1-3H3;7-9,11-14,16-17H,6,10H2,1-5H3;6-10H,1-5H3/t;;;11-,12+,13-,14+,16+,17?;/m...1./s1. The molecule has 0 saturated heterocycles. The molecule has 4 heterocycles. The molecule has 6 atom stereocenters. The average molecular weight is 1610 g/mol. The SMILES string of the molecule is CC(C)c1c(C(=O)Nc2ccccc2)c(-c2ccccc2)c(-c2ccc(F)cc2)n1C.CC[C@H](C)C(=O)O[C@H]1C[C@H](C)C=C2C=C[C@@H](C)[C@H](C)C21.Cc1c(-c2ccc(F)cc2)c2ccccc2n1C(C)C.Cc1c(-c2ccc(F)cc2)nc(N(C)S(C)(=O)=O)nc1C(C)C.Cc1c(C(C)C)nc(C(C)C)c(CCO)c1-c1ccc(F)cc1. The summed E-state index contributed by atoms with van der Waals surface area (Å²) in [5, 5.41) is 13.8. The van der Waals surface area contributed by atoms with Crippen molar-refractivity contribution in [1.29, 1.82) is 0 Å². The summed E-state index contributed by atoms with van der Waals surface area (Å²) in [5.74, 6) is 1.63. The third kappa shape index (κ3) is 21.6. The summed E-state index contributed by atoms with van der Waals surface area (Å²) in [6.07, 6.45) is 10.4. The number of pyridine rings is 1. The molecule has 0 fully saturated rings. The number of sulfonamides is 1. The summed E-state index contributed by atoms with van der Waals surface area (Å²) >= 11 is 0. The summed E-state index contributed by atoms with van der Waals surface area (Å²) in [7, 11) is -0.0813. The zero-order valence-electron chi connectivity index (χ0n) is 71.8. The van der Waals surface area contributed by atoms with Gasteiger partial charge in [-0.05, 0) is 236 Å². The van der Waals surface area contributed by atoms with E-state index in [1.54, 1.807) is 24.3 Å². The van der Waals surface area contributed by atoms with E-state index in [9.17, 15) is 40.7 Å². The first-order chi connectivity index (χ1) is 55.5. The lowest BCUT2D eigenvalue weighted by atomic mass is 9.67. The Labute approximate surface area is 691 Å². The molecule has 13 rings (SSSR count). The number of allylic oxidation sites excluding steroid dienone is 3. The molecule has 4 aromatic heterocycles. The number of rotatable bonds is 19. The predicted octanol–water partition coefficient (Wildman–Crippen LogP) is 24.7. The number of aromatic nitrogens is 5.